The number of fused-ring (bicyclic) bond motifs is 1. The smallest absolute Gasteiger partial charge is 0.171 e. The highest BCUT2D eigenvalue weighted by Crippen LogP contribution is 2.38. The Morgan fingerprint density at radius 3 is 3.05 bits per heavy atom. The Hall–Kier alpha value is -1.12. The standard InChI is InChI=1S/C16H15ClOS/c1-10-4-2-6-13(15(10)17)16(18)12-5-3-7-14-11(12)8-9-19-14/h2,4,6,8-9,12H,3,5,7H2,1H3. The summed E-state index contributed by atoms with van der Waals surface area (Å²) in [4.78, 5) is 14.1. The highest BCUT2D eigenvalue weighted by atomic mass is 35.5. The predicted octanol–water partition coefficient (Wildman–Crippen LogP) is 5.01. The summed E-state index contributed by atoms with van der Waals surface area (Å²) in [6.45, 7) is 1.94. The van der Waals surface area contributed by atoms with Crippen LogP contribution in [0.3, 0.4) is 0 Å². The molecule has 2 aromatic rings. The predicted molar refractivity (Wildman–Crippen MR) is 80.5 cm³/mol. The second-order valence-corrected chi connectivity index (χ2v) is 6.42. The first kappa shape index (κ1) is 12.9. The van der Waals surface area contributed by atoms with Crippen molar-refractivity contribution in [3.8, 4) is 0 Å². The SMILES string of the molecule is Cc1cccc(C(=O)C2CCCc3sccc32)c1Cl. The number of carbonyl (C=O) groups excluding carboxylic acids is 1. The third kappa shape index (κ3) is 2.24. The summed E-state index contributed by atoms with van der Waals surface area (Å²) in [5, 5.41) is 2.70. The highest BCUT2D eigenvalue weighted by molar-refractivity contribution is 7.10. The highest BCUT2D eigenvalue weighted by Gasteiger charge is 2.29. The average Bonchev–Trinajstić information content (AvgIpc) is 2.89. The van der Waals surface area contributed by atoms with Crippen LogP contribution in [0, 0.1) is 6.92 Å². The summed E-state index contributed by atoms with van der Waals surface area (Å²) in [5.74, 6) is 0.169. The zero-order chi connectivity index (χ0) is 13.4. The zero-order valence-corrected chi connectivity index (χ0v) is 12.4. The molecule has 19 heavy (non-hydrogen) atoms. The maximum absolute atomic E-state index is 12.8. The lowest BCUT2D eigenvalue weighted by Crippen LogP contribution is -2.17. The average molecular weight is 291 g/mol. The molecule has 0 fully saturated rings. The van der Waals surface area contributed by atoms with Crippen LogP contribution in [0.15, 0.2) is 29.6 Å². The van der Waals surface area contributed by atoms with Gasteiger partial charge in [-0.3, -0.25) is 4.79 Å². The van der Waals surface area contributed by atoms with Gasteiger partial charge in [-0.1, -0.05) is 23.7 Å². The van der Waals surface area contributed by atoms with Gasteiger partial charge in [-0.05, 0) is 54.8 Å². The van der Waals surface area contributed by atoms with Crippen molar-refractivity contribution < 1.29 is 4.79 Å². The molecule has 1 aliphatic carbocycles. The zero-order valence-electron chi connectivity index (χ0n) is 10.8. The molecule has 1 nitrogen and oxygen atoms in total. The maximum Gasteiger partial charge on any atom is 0.171 e. The van der Waals surface area contributed by atoms with Crippen molar-refractivity contribution >= 4 is 28.7 Å². The van der Waals surface area contributed by atoms with Crippen LogP contribution in [0.4, 0.5) is 0 Å². The molecule has 1 aromatic carbocycles. The van der Waals surface area contributed by atoms with Crippen molar-refractivity contribution in [3.05, 3.63) is 56.2 Å². The van der Waals surface area contributed by atoms with E-state index >= 15 is 0 Å². The van der Waals surface area contributed by atoms with E-state index in [9.17, 15) is 4.79 Å². The van der Waals surface area contributed by atoms with Crippen LogP contribution >= 0.6 is 22.9 Å². The van der Waals surface area contributed by atoms with Crippen molar-refractivity contribution in [2.24, 2.45) is 0 Å². The lowest BCUT2D eigenvalue weighted by atomic mass is 9.82. The van der Waals surface area contributed by atoms with Gasteiger partial charge in [0.2, 0.25) is 0 Å². The normalized spacial score (nSPS) is 18.1. The van der Waals surface area contributed by atoms with E-state index < -0.39 is 0 Å². The molecule has 98 valence electrons. The van der Waals surface area contributed by atoms with Crippen molar-refractivity contribution in [3.63, 3.8) is 0 Å². The van der Waals surface area contributed by atoms with Crippen molar-refractivity contribution in [1.29, 1.82) is 0 Å². The minimum absolute atomic E-state index is 0.00528. The Morgan fingerprint density at radius 2 is 2.21 bits per heavy atom. The Balaban J connectivity index is 2.00. The number of rotatable bonds is 2. The van der Waals surface area contributed by atoms with E-state index in [0.717, 1.165) is 24.8 Å². The molecule has 1 heterocycles. The molecular weight excluding hydrogens is 276 g/mol. The lowest BCUT2D eigenvalue weighted by molar-refractivity contribution is 0.0951. The molecule has 0 amide bonds. The van der Waals surface area contributed by atoms with E-state index in [2.05, 4.69) is 11.4 Å². The number of carbonyl (C=O) groups is 1. The van der Waals surface area contributed by atoms with Gasteiger partial charge in [-0.2, -0.15) is 0 Å². The topological polar surface area (TPSA) is 17.1 Å². The summed E-state index contributed by atoms with van der Waals surface area (Å²) in [6.07, 6.45) is 3.14. The van der Waals surface area contributed by atoms with Crippen LogP contribution in [0.25, 0.3) is 0 Å². The van der Waals surface area contributed by atoms with E-state index in [-0.39, 0.29) is 11.7 Å². The summed E-state index contributed by atoms with van der Waals surface area (Å²) in [6, 6.07) is 7.80. The Morgan fingerprint density at radius 1 is 1.37 bits per heavy atom. The molecule has 0 N–H and O–H groups in total. The number of hydrogen-bond donors (Lipinski definition) is 0. The number of aryl methyl sites for hydroxylation is 2. The van der Waals surface area contributed by atoms with E-state index in [4.69, 9.17) is 11.6 Å². The van der Waals surface area contributed by atoms with Crippen LogP contribution in [0.5, 0.6) is 0 Å². The van der Waals surface area contributed by atoms with E-state index in [1.54, 1.807) is 11.3 Å². The Labute approximate surface area is 122 Å². The van der Waals surface area contributed by atoms with E-state index in [0.29, 0.717) is 10.6 Å². The molecule has 0 aliphatic heterocycles. The fourth-order valence-electron chi connectivity index (χ4n) is 2.78. The minimum Gasteiger partial charge on any atom is -0.293 e. The van der Waals surface area contributed by atoms with E-state index in [1.807, 2.05) is 25.1 Å². The van der Waals surface area contributed by atoms with Crippen LogP contribution < -0.4 is 0 Å². The minimum atomic E-state index is -0.00528. The first-order valence-electron chi connectivity index (χ1n) is 6.54. The van der Waals surface area contributed by atoms with Gasteiger partial charge in [0.25, 0.3) is 0 Å². The van der Waals surface area contributed by atoms with Crippen LogP contribution in [-0.2, 0) is 6.42 Å². The molecule has 1 atom stereocenters. The molecule has 1 aromatic heterocycles. The summed E-state index contributed by atoms with van der Waals surface area (Å²) in [5.41, 5.74) is 2.86. The largest absolute Gasteiger partial charge is 0.293 e. The van der Waals surface area contributed by atoms with Crippen molar-refractivity contribution in [2.75, 3.05) is 0 Å². The quantitative estimate of drug-likeness (QED) is 0.710. The van der Waals surface area contributed by atoms with Gasteiger partial charge in [0.15, 0.2) is 5.78 Å². The maximum atomic E-state index is 12.8. The molecule has 3 heteroatoms. The molecule has 1 aliphatic rings. The van der Waals surface area contributed by atoms with Crippen LogP contribution in [-0.4, -0.2) is 5.78 Å². The number of hydrogen-bond acceptors (Lipinski definition) is 2. The van der Waals surface area contributed by atoms with Gasteiger partial charge in [0.05, 0.1) is 5.02 Å². The van der Waals surface area contributed by atoms with Gasteiger partial charge < -0.3 is 0 Å². The monoisotopic (exact) mass is 290 g/mol. The first-order valence-corrected chi connectivity index (χ1v) is 7.80. The number of benzene rings is 1. The third-order valence-electron chi connectivity index (χ3n) is 3.83. The number of Topliss-reactive ketones (excluding diaryl/α,β-unsaturated/α-hetero) is 1. The van der Waals surface area contributed by atoms with Gasteiger partial charge in [0.1, 0.15) is 0 Å². The summed E-state index contributed by atoms with van der Waals surface area (Å²) in [7, 11) is 0. The van der Waals surface area contributed by atoms with Crippen LogP contribution in [0.2, 0.25) is 5.02 Å². The van der Waals surface area contributed by atoms with E-state index in [1.165, 1.54) is 10.4 Å². The molecule has 3 rings (SSSR count). The molecular formula is C16H15ClOS. The number of ketones is 1. The third-order valence-corrected chi connectivity index (χ3v) is 5.32. The molecule has 0 spiro atoms. The molecule has 1 unspecified atom stereocenters. The van der Waals surface area contributed by atoms with Gasteiger partial charge in [0, 0.05) is 16.4 Å². The molecule has 0 radical (unpaired) electrons. The Bertz CT molecular complexity index is 629. The molecule has 0 saturated heterocycles. The second-order valence-electron chi connectivity index (χ2n) is 5.04. The van der Waals surface area contributed by atoms with Gasteiger partial charge in [-0.25, -0.2) is 0 Å². The molecule has 0 saturated carbocycles. The Kier molecular flexibility index (Phi) is 3.46. The number of thiophene rings is 1. The number of halogens is 1. The molecule has 0 bridgehead atoms. The van der Waals surface area contributed by atoms with Gasteiger partial charge >= 0.3 is 0 Å². The summed E-state index contributed by atoms with van der Waals surface area (Å²) >= 11 is 8.05. The first-order chi connectivity index (χ1) is 9.18. The van der Waals surface area contributed by atoms with Crippen LogP contribution in [0.1, 0.15) is 45.1 Å². The second kappa shape index (κ2) is 5.10. The lowest BCUT2D eigenvalue weighted by Gasteiger charge is -2.22. The van der Waals surface area contributed by atoms with Crippen molar-refractivity contribution in [1.82, 2.24) is 0 Å². The fraction of sp³-hybridized carbons (Fsp3) is 0.312. The summed E-state index contributed by atoms with van der Waals surface area (Å²) < 4.78 is 0. The fourth-order valence-corrected chi connectivity index (χ4v) is 3.99. The van der Waals surface area contributed by atoms with Crippen molar-refractivity contribution in [2.45, 2.75) is 32.1 Å². The van der Waals surface area contributed by atoms with Gasteiger partial charge in [-0.15, -0.1) is 11.3 Å².